The lowest BCUT2D eigenvalue weighted by Crippen LogP contribution is -2.39. The molecule has 0 aromatic heterocycles. The minimum absolute atomic E-state index is 0.171. The SMILES string of the molecule is CCCCCOCC(O)(CN)c1ccccc1. The molecule has 0 saturated heterocycles. The number of rotatable bonds is 8. The molecule has 1 atom stereocenters. The van der Waals surface area contributed by atoms with E-state index in [4.69, 9.17) is 10.5 Å². The second-order valence-electron chi connectivity index (χ2n) is 4.36. The maximum atomic E-state index is 10.4. The molecule has 0 heterocycles. The molecule has 1 aromatic carbocycles. The Morgan fingerprint density at radius 3 is 2.53 bits per heavy atom. The van der Waals surface area contributed by atoms with Crippen LogP contribution in [0.3, 0.4) is 0 Å². The monoisotopic (exact) mass is 237 g/mol. The first-order valence-electron chi connectivity index (χ1n) is 6.28. The summed E-state index contributed by atoms with van der Waals surface area (Å²) < 4.78 is 5.52. The van der Waals surface area contributed by atoms with Crippen LogP contribution < -0.4 is 5.73 Å². The molecular formula is C14H23NO2. The Labute approximate surface area is 104 Å². The zero-order valence-corrected chi connectivity index (χ0v) is 10.6. The first kappa shape index (κ1) is 14.2. The molecule has 1 aromatic rings. The van der Waals surface area contributed by atoms with E-state index in [2.05, 4.69) is 6.92 Å². The summed E-state index contributed by atoms with van der Waals surface area (Å²) in [6.07, 6.45) is 3.36. The second kappa shape index (κ2) is 7.43. The molecule has 0 aliphatic carbocycles. The highest BCUT2D eigenvalue weighted by molar-refractivity contribution is 5.22. The molecule has 1 unspecified atom stereocenters. The van der Waals surface area contributed by atoms with Gasteiger partial charge < -0.3 is 15.6 Å². The lowest BCUT2D eigenvalue weighted by molar-refractivity contribution is -0.0451. The van der Waals surface area contributed by atoms with Crippen LogP contribution in [0, 0.1) is 0 Å². The number of aliphatic hydroxyl groups is 1. The van der Waals surface area contributed by atoms with Gasteiger partial charge in [-0.15, -0.1) is 0 Å². The summed E-state index contributed by atoms with van der Waals surface area (Å²) in [5, 5.41) is 10.4. The van der Waals surface area contributed by atoms with Crippen molar-refractivity contribution < 1.29 is 9.84 Å². The van der Waals surface area contributed by atoms with E-state index in [1.165, 1.54) is 6.42 Å². The largest absolute Gasteiger partial charge is 0.381 e. The van der Waals surface area contributed by atoms with E-state index >= 15 is 0 Å². The predicted molar refractivity (Wildman–Crippen MR) is 69.7 cm³/mol. The fourth-order valence-corrected chi connectivity index (χ4v) is 1.70. The molecule has 96 valence electrons. The van der Waals surface area contributed by atoms with Gasteiger partial charge in [0.25, 0.3) is 0 Å². The number of benzene rings is 1. The molecule has 3 N–H and O–H groups in total. The maximum absolute atomic E-state index is 10.4. The number of hydrogen-bond acceptors (Lipinski definition) is 3. The van der Waals surface area contributed by atoms with Gasteiger partial charge in [0.15, 0.2) is 0 Å². The van der Waals surface area contributed by atoms with Crippen molar-refractivity contribution in [3.63, 3.8) is 0 Å². The van der Waals surface area contributed by atoms with E-state index in [0.29, 0.717) is 6.61 Å². The molecule has 0 fully saturated rings. The van der Waals surface area contributed by atoms with Crippen LogP contribution in [-0.4, -0.2) is 24.9 Å². The third-order valence-electron chi connectivity index (χ3n) is 2.88. The molecule has 1 rings (SSSR count). The summed E-state index contributed by atoms with van der Waals surface area (Å²) in [6.45, 7) is 3.27. The lowest BCUT2D eigenvalue weighted by Gasteiger charge is -2.26. The molecule has 0 aliphatic rings. The van der Waals surface area contributed by atoms with Crippen molar-refractivity contribution in [2.45, 2.75) is 31.8 Å². The number of ether oxygens (including phenoxy) is 1. The van der Waals surface area contributed by atoms with Crippen molar-refractivity contribution in [1.82, 2.24) is 0 Å². The van der Waals surface area contributed by atoms with Gasteiger partial charge in [0.05, 0.1) is 6.61 Å². The first-order valence-corrected chi connectivity index (χ1v) is 6.28. The second-order valence-corrected chi connectivity index (χ2v) is 4.36. The Hall–Kier alpha value is -0.900. The van der Waals surface area contributed by atoms with Crippen molar-refractivity contribution in [3.8, 4) is 0 Å². The van der Waals surface area contributed by atoms with Gasteiger partial charge >= 0.3 is 0 Å². The third-order valence-corrected chi connectivity index (χ3v) is 2.88. The Kier molecular flexibility index (Phi) is 6.19. The van der Waals surface area contributed by atoms with Gasteiger partial charge in [0.1, 0.15) is 5.60 Å². The fraction of sp³-hybridized carbons (Fsp3) is 0.571. The Morgan fingerprint density at radius 1 is 1.24 bits per heavy atom. The van der Waals surface area contributed by atoms with Crippen LogP contribution in [0.1, 0.15) is 31.7 Å². The van der Waals surface area contributed by atoms with E-state index in [9.17, 15) is 5.11 Å². The summed E-state index contributed by atoms with van der Waals surface area (Å²) in [7, 11) is 0. The summed E-state index contributed by atoms with van der Waals surface area (Å²) in [4.78, 5) is 0. The normalized spacial score (nSPS) is 14.5. The molecule has 0 amide bonds. The number of unbranched alkanes of at least 4 members (excludes halogenated alkanes) is 2. The average molecular weight is 237 g/mol. The summed E-state index contributed by atoms with van der Waals surface area (Å²) in [5.74, 6) is 0. The highest BCUT2D eigenvalue weighted by atomic mass is 16.5. The maximum Gasteiger partial charge on any atom is 0.125 e. The average Bonchev–Trinajstić information content (AvgIpc) is 2.39. The van der Waals surface area contributed by atoms with Crippen molar-refractivity contribution in [3.05, 3.63) is 35.9 Å². The third kappa shape index (κ3) is 4.46. The highest BCUT2D eigenvalue weighted by Gasteiger charge is 2.27. The molecule has 3 nitrogen and oxygen atoms in total. The fourth-order valence-electron chi connectivity index (χ4n) is 1.70. The Morgan fingerprint density at radius 2 is 1.94 bits per heavy atom. The molecule has 0 spiro atoms. The molecular weight excluding hydrogens is 214 g/mol. The highest BCUT2D eigenvalue weighted by Crippen LogP contribution is 2.20. The Bertz CT molecular complexity index is 302. The molecule has 0 bridgehead atoms. The van der Waals surface area contributed by atoms with E-state index in [1.807, 2.05) is 30.3 Å². The van der Waals surface area contributed by atoms with Gasteiger partial charge in [0, 0.05) is 13.2 Å². The minimum atomic E-state index is -1.06. The van der Waals surface area contributed by atoms with Crippen LogP contribution >= 0.6 is 0 Å². The van der Waals surface area contributed by atoms with Gasteiger partial charge in [-0.05, 0) is 12.0 Å². The van der Waals surface area contributed by atoms with E-state index < -0.39 is 5.60 Å². The predicted octanol–water partition coefficient (Wildman–Crippen LogP) is 2.04. The summed E-state index contributed by atoms with van der Waals surface area (Å²) >= 11 is 0. The quantitative estimate of drug-likeness (QED) is 0.680. The lowest BCUT2D eigenvalue weighted by atomic mass is 9.95. The molecule has 0 radical (unpaired) electrons. The molecule has 3 heteroatoms. The molecule has 17 heavy (non-hydrogen) atoms. The van der Waals surface area contributed by atoms with Crippen LogP contribution in [0.25, 0.3) is 0 Å². The minimum Gasteiger partial charge on any atom is -0.381 e. The zero-order valence-electron chi connectivity index (χ0n) is 10.6. The summed E-state index contributed by atoms with van der Waals surface area (Å²) in [6, 6.07) is 9.47. The topological polar surface area (TPSA) is 55.5 Å². The van der Waals surface area contributed by atoms with Crippen LogP contribution in [0.2, 0.25) is 0 Å². The van der Waals surface area contributed by atoms with Crippen LogP contribution in [-0.2, 0) is 10.3 Å². The van der Waals surface area contributed by atoms with Crippen molar-refractivity contribution in [2.24, 2.45) is 5.73 Å². The molecule has 0 aliphatic heterocycles. The smallest absolute Gasteiger partial charge is 0.125 e. The van der Waals surface area contributed by atoms with Gasteiger partial charge in [0.2, 0.25) is 0 Å². The number of nitrogens with two attached hydrogens (primary N) is 1. The van der Waals surface area contributed by atoms with Crippen molar-refractivity contribution in [2.75, 3.05) is 19.8 Å². The van der Waals surface area contributed by atoms with E-state index in [1.54, 1.807) is 0 Å². The Balaban J connectivity index is 2.46. The number of hydrogen-bond donors (Lipinski definition) is 2. The van der Waals surface area contributed by atoms with Crippen molar-refractivity contribution >= 4 is 0 Å². The van der Waals surface area contributed by atoms with Gasteiger partial charge in [-0.2, -0.15) is 0 Å². The van der Waals surface area contributed by atoms with Gasteiger partial charge in [-0.25, -0.2) is 0 Å². The molecule has 0 saturated carbocycles. The van der Waals surface area contributed by atoms with Gasteiger partial charge in [-0.3, -0.25) is 0 Å². The van der Waals surface area contributed by atoms with Crippen LogP contribution in [0.4, 0.5) is 0 Å². The van der Waals surface area contributed by atoms with Crippen LogP contribution in [0.5, 0.6) is 0 Å². The van der Waals surface area contributed by atoms with Crippen LogP contribution in [0.15, 0.2) is 30.3 Å². The van der Waals surface area contributed by atoms with E-state index in [0.717, 1.165) is 18.4 Å². The van der Waals surface area contributed by atoms with Gasteiger partial charge in [-0.1, -0.05) is 50.1 Å². The first-order chi connectivity index (χ1) is 8.23. The standard InChI is InChI=1S/C14H23NO2/c1-2-3-7-10-17-12-14(16,11-15)13-8-5-4-6-9-13/h4-6,8-9,16H,2-3,7,10-12,15H2,1H3. The van der Waals surface area contributed by atoms with E-state index in [-0.39, 0.29) is 13.2 Å². The van der Waals surface area contributed by atoms with Crippen molar-refractivity contribution in [1.29, 1.82) is 0 Å². The zero-order chi connectivity index (χ0) is 12.6. The summed E-state index contributed by atoms with van der Waals surface area (Å²) in [5.41, 5.74) is 5.41.